The van der Waals surface area contributed by atoms with Crippen LogP contribution in [0.25, 0.3) is 0 Å². The maximum atomic E-state index is 13.7. The van der Waals surface area contributed by atoms with Crippen molar-refractivity contribution in [2.24, 2.45) is 0 Å². The summed E-state index contributed by atoms with van der Waals surface area (Å²) >= 11 is 7.47. The Morgan fingerprint density at radius 3 is 2.62 bits per heavy atom. The predicted molar refractivity (Wildman–Crippen MR) is 154 cm³/mol. The van der Waals surface area contributed by atoms with Crippen LogP contribution < -0.4 is 14.8 Å². The van der Waals surface area contributed by atoms with E-state index in [2.05, 4.69) is 5.32 Å². The summed E-state index contributed by atoms with van der Waals surface area (Å²) in [5.74, 6) is 0.483. The first kappa shape index (κ1) is 29.6. The van der Waals surface area contributed by atoms with E-state index in [0.29, 0.717) is 43.3 Å². The smallest absolute Gasteiger partial charge is 0.322 e. The molecule has 2 heterocycles. The van der Waals surface area contributed by atoms with Crippen LogP contribution in [0.15, 0.2) is 53.9 Å². The number of ether oxygens (including phenoxy) is 3. The molecule has 0 bridgehead atoms. The number of nitrogens with zero attached hydrogens (tertiary/aromatic N) is 2. The minimum absolute atomic E-state index is 0.100. The van der Waals surface area contributed by atoms with Gasteiger partial charge in [-0.3, -0.25) is 4.79 Å². The summed E-state index contributed by atoms with van der Waals surface area (Å²) in [6, 6.07) is 13.1. The molecule has 1 N–H and O–H groups in total. The maximum absolute atomic E-state index is 13.7. The number of thiophene rings is 1. The summed E-state index contributed by atoms with van der Waals surface area (Å²) in [5.41, 5.74) is 1.33. The van der Waals surface area contributed by atoms with Gasteiger partial charge in [0.25, 0.3) is 0 Å². The van der Waals surface area contributed by atoms with Gasteiger partial charge in [-0.2, -0.15) is 0 Å². The molecule has 8 nitrogen and oxygen atoms in total. The van der Waals surface area contributed by atoms with E-state index >= 15 is 0 Å². The molecule has 1 aliphatic rings. The summed E-state index contributed by atoms with van der Waals surface area (Å²) in [6.07, 6.45) is 2.13. The number of carbonyl (C=O) groups excluding carboxylic acids is 2. The summed E-state index contributed by atoms with van der Waals surface area (Å²) in [4.78, 5) is 31.3. The number of amides is 3. The van der Waals surface area contributed by atoms with Crippen molar-refractivity contribution in [2.45, 2.75) is 31.9 Å². The molecule has 4 rings (SSSR count). The Morgan fingerprint density at radius 1 is 1.12 bits per heavy atom. The third-order valence-corrected chi connectivity index (χ3v) is 7.78. The second-order valence-electron chi connectivity index (χ2n) is 9.41. The van der Waals surface area contributed by atoms with Gasteiger partial charge in [0.05, 0.1) is 31.9 Å². The van der Waals surface area contributed by atoms with Gasteiger partial charge >= 0.3 is 6.03 Å². The molecule has 1 aromatic heterocycles. The van der Waals surface area contributed by atoms with Crippen molar-refractivity contribution < 1.29 is 28.2 Å². The number of benzene rings is 2. The van der Waals surface area contributed by atoms with E-state index in [1.807, 2.05) is 35.7 Å². The highest BCUT2D eigenvalue weighted by Crippen LogP contribution is 2.28. The number of urea groups is 1. The third-order valence-electron chi connectivity index (χ3n) is 6.63. The van der Waals surface area contributed by atoms with E-state index in [4.69, 9.17) is 25.8 Å². The molecule has 0 spiro atoms. The van der Waals surface area contributed by atoms with Gasteiger partial charge in [-0.15, -0.1) is 11.3 Å². The Hall–Kier alpha value is -3.34. The molecule has 3 amide bonds. The van der Waals surface area contributed by atoms with Gasteiger partial charge in [-0.25, -0.2) is 9.18 Å². The highest BCUT2D eigenvalue weighted by atomic mass is 35.5. The van der Waals surface area contributed by atoms with Crippen LogP contribution in [0.5, 0.6) is 11.5 Å². The first-order valence-corrected chi connectivity index (χ1v) is 14.3. The van der Waals surface area contributed by atoms with Crippen LogP contribution in [0.4, 0.5) is 14.9 Å². The highest BCUT2D eigenvalue weighted by molar-refractivity contribution is 7.09. The normalized spacial score (nSPS) is 14.6. The van der Waals surface area contributed by atoms with Crippen molar-refractivity contribution in [3.63, 3.8) is 0 Å². The monoisotopic (exact) mass is 589 g/mol. The molecular weight excluding hydrogens is 557 g/mol. The molecule has 1 saturated heterocycles. The van der Waals surface area contributed by atoms with Gasteiger partial charge in [0, 0.05) is 30.3 Å². The van der Waals surface area contributed by atoms with Gasteiger partial charge in [-0.1, -0.05) is 23.7 Å². The lowest BCUT2D eigenvalue weighted by Crippen LogP contribution is -2.47. The number of methoxy groups -OCH3 is 2. The number of nitrogens with one attached hydrogen (secondary N) is 1. The van der Waals surface area contributed by atoms with E-state index in [9.17, 15) is 14.0 Å². The van der Waals surface area contributed by atoms with Crippen LogP contribution in [-0.4, -0.2) is 68.3 Å². The number of hydrogen-bond acceptors (Lipinski definition) is 6. The van der Waals surface area contributed by atoms with Crippen LogP contribution in [0, 0.1) is 5.82 Å². The molecule has 1 atom stereocenters. The van der Waals surface area contributed by atoms with E-state index in [1.165, 1.54) is 23.1 Å². The Morgan fingerprint density at radius 2 is 1.95 bits per heavy atom. The minimum atomic E-state index is -0.579. The molecule has 40 heavy (non-hydrogen) atoms. The summed E-state index contributed by atoms with van der Waals surface area (Å²) in [7, 11) is 3.17. The molecule has 1 aliphatic heterocycles. The van der Waals surface area contributed by atoms with Crippen LogP contribution >= 0.6 is 22.9 Å². The van der Waals surface area contributed by atoms with Gasteiger partial charge in [0.1, 0.15) is 12.4 Å². The molecule has 11 heteroatoms. The Balaban J connectivity index is 1.49. The number of hydrogen-bond donors (Lipinski definition) is 1. The third kappa shape index (κ3) is 8.09. The van der Waals surface area contributed by atoms with Gasteiger partial charge < -0.3 is 29.3 Å². The van der Waals surface area contributed by atoms with Crippen LogP contribution in [-0.2, 0) is 22.5 Å². The van der Waals surface area contributed by atoms with Gasteiger partial charge in [-0.05, 0) is 66.6 Å². The Kier molecular flexibility index (Phi) is 10.6. The lowest BCUT2D eigenvalue weighted by atomic mass is 10.1. The molecule has 0 aliphatic carbocycles. The lowest BCUT2D eigenvalue weighted by Gasteiger charge is -2.29. The first-order chi connectivity index (χ1) is 19.4. The summed E-state index contributed by atoms with van der Waals surface area (Å²) < 4.78 is 30.1. The zero-order valence-corrected chi connectivity index (χ0v) is 24.1. The lowest BCUT2D eigenvalue weighted by molar-refractivity contribution is -0.132. The molecule has 1 unspecified atom stereocenters. The topological polar surface area (TPSA) is 80.3 Å². The van der Waals surface area contributed by atoms with Crippen molar-refractivity contribution in [1.29, 1.82) is 0 Å². The van der Waals surface area contributed by atoms with Crippen LogP contribution in [0.2, 0.25) is 5.02 Å². The predicted octanol–water partition coefficient (Wildman–Crippen LogP) is 5.84. The summed E-state index contributed by atoms with van der Waals surface area (Å²) in [5, 5.41) is 4.61. The molecule has 214 valence electrons. The fraction of sp³-hybridized carbons (Fsp3) is 0.379. The van der Waals surface area contributed by atoms with E-state index in [1.54, 1.807) is 30.5 Å². The zero-order valence-electron chi connectivity index (χ0n) is 22.5. The second-order valence-corrected chi connectivity index (χ2v) is 10.8. The first-order valence-electron chi connectivity index (χ1n) is 13.0. The molecule has 2 aromatic carbocycles. The van der Waals surface area contributed by atoms with Crippen LogP contribution in [0.1, 0.15) is 23.3 Å². The van der Waals surface area contributed by atoms with Crippen molar-refractivity contribution >= 4 is 40.6 Å². The second kappa shape index (κ2) is 14.3. The van der Waals surface area contributed by atoms with Crippen molar-refractivity contribution in [2.75, 3.05) is 45.8 Å². The average molecular weight is 590 g/mol. The molecular formula is C29H33ClFN3O5S. The van der Waals surface area contributed by atoms with Gasteiger partial charge in [0.15, 0.2) is 11.5 Å². The molecule has 1 fully saturated rings. The van der Waals surface area contributed by atoms with Crippen molar-refractivity contribution in [3.05, 3.63) is 75.2 Å². The van der Waals surface area contributed by atoms with Crippen LogP contribution in [0.3, 0.4) is 0 Å². The Bertz CT molecular complexity index is 1290. The largest absolute Gasteiger partial charge is 0.493 e. The molecule has 0 saturated carbocycles. The number of anilines is 1. The SMILES string of the molecule is COc1ccc(CCN(Cc2cccs2)C(=O)CN(CC2CCCO2)C(=O)Nc2ccc(F)c(Cl)c2)cc1OC. The zero-order chi connectivity index (χ0) is 28.5. The standard InChI is InChI=1S/C29H33ClFN3O5S/c1-37-26-10-7-20(15-27(26)38-2)11-12-33(18-23-6-4-14-40-23)28(35)19-34(17-22-5-3-13-39-22)29(36)32-21-8-9-25(31)24(30)16-21/h4,6-10,14-16,22H,3,5,11-13,17-19H2,1-2H3,(H,32,36). The van der Waals surface area contributed by atoms with E-state index < -0.39 is 11.8 Å². The molecule has 0 radical (unpaired) electrons. The average Bonchev–Trinajstić information content (AvgIpc) is 3.67. The number of rotatable bonds is 12. The fourth-order valence-electron chi connectivity index (χ4n) is 4.48. The quantitative estimate of drug-likeness (QED) is 0.287. The van der Waals surface area contributed by atoms with Crippen molar-refractivity contribution in [3.8, 4) is 11.5 Å². The minimum Gasteiger partial charge on any atom is -0.493 e. The van der Waals surface area contributed by atoms with Crippen molar-refractivity contribution in [1.82, 2.24) is 9.80 Å². The maximum Gasteiger partial charge on any atom is 0.322 e. The molecule has 3 aromatic rings. The number of carbonyl (C=O) groups is 2. The fourth-order valence-corrected chi connectivity index (χ4v) is 5.38. The Labute approximate surface area is 242 Å². The highest BCUT2D eigenvalue weighted by Gasteiger charge is 2.27. The summed E-state index contributed by atoms with van der Waals surface area (Å²) in [6.45, 7) is 1.60. The van der Waals surface area contributed by atoms with E-state index in [-0.39, 0.29) is 30.1 Å². The van der Waals surface area contributed by atoms with E-state index in [0.717, 1.165) is 23.3 Å². The van der Waals surface area contributed by atoms with Gasteiger partial charge in [0.2, 0.25) is 5.91 Å². The number of halogens is 2.